The molecule has 0 heterocycles. The fourth-order valence-electron chi connectivity index (χ4n) is 0.808. The number of unbranched alkanes of at least 4 members (excludes halogenated alkanes) is 1. The molecule has 0 atom stereocenters. The van der Waals surface area contributed by atoms with E-state index in [-0.39, 0.29) is 18.2 Å². The van der Waals surface area contributed by atoms with Gasteiger partial charge >= 0.3 is 0 Å². The molecular weight excluding hydrogens is 224 g/mol. The number of nitrogens with one attached hydrogen (secondary N) is 1. The van der Waals surface area contributed by atoms with E-state index in [0.29, 0.717) is 19.5 Å². The van der Waals surface area contributed by atoms with Crippen LogP contribution in [0.15, 0.2) is 12.7 Å². The van der Waals surface area contributed by atoms with Crippen molar-refractivity contribution >= 4 is 22.4 Å². The van der Waals surface area contributed by atoms with E-state index < -0.39 is 10.0 Å². The summed E-state index contributed by atoms with van der Waals surface area (Å²) in [6, 6.07) is 0. The van der Waals surface area contributed by atoms with Gasteiger partial charge in [0.25, 0.3) is 0 Å². The zero-order valence-electron chi connectivity index (χ0n) is 8.24. The molecule has 0 bridgehead atoms. The van der Waals surface area contributed by atoms with Crippen molar-refractivity contribution in [2.45, 2.75) is 19.3 Å². The number of hydrogen-bond donors (Lipinski definition) is 2. The van der Waals surface area contributed by atoms with Crippen molar-refractivity contribution in [1.82, 2.24) is 4.72 Å². The van der Waals surface area contributed by atoms with Crippen LogP contribution in [-0.4, -0.2) is 27.3 Å². The number of allylic oxidation sites excluding steroid dienone is 1. The van der Waals surface area contributed by atoms with Gasteiger partial charge in [0.2, 0.25) is 10.0 Å². The van der Waals surface area contributed by atoms with Crippen molar-refractivity contribution in [3.8, 4) is 0 Å². The molecule has 0 aliphatic rings. The Morgan fingerprint density at radius 2 is 2.00 bits per heavy atom. The molecule has 3 N–H and O–H groups in total. The summed E-state index contributed by atoms with van der Waals surface area (Å²) in [5, 5.41) is 0. The Kier molecular flexibility index (Phi) is 11.0. The molecule has 6 heteroatoms. The lowest BCUT2D eigenvalue weighted by Gasteiger charge is -2.04. The molecule has 0 amide bonds. The maximum atomic E-state index is 11.2. The predicted molar refractivity (Wildman–Crippen MR) is 62.1 cm³/mol. The van der Waals surface area contributed by atoms with Crippen molar-refractivity contribution in [2.75, 3.05) is 18.8 Å². The van der Waals surface area contributed by atoms with Crippen molar-refractivity contribution in [2.24, 2.45) is 5.73 Å². The molecular formula is C8H19ClN2O2S. The first-order valence-corrected chi connectivity index (χ1v) is 6.06. The van der Waals surface area contributed by atoms with Gasteiger partial charge in [-0.25, -0.2) is 13.1 Å². The minimum Gasteiger partial charge on any atom is -0.330 e. The molecule has 0 spiro atoms. The van der Waals surface area contributed by atoms with Gasteiger partial charge < -0.3 is 5.73 Å². The van der Waals surface area contributed by atoms with E-state index in [9.17, 15) is 8.42 Å². The first-order valence-electron chi connectivity index (χ1n) is 4.40. The highest BCUT2D eigenvalue weighted by Gasteiger charge is 2.06. The van der Waals surface area contributed by atoms with E-state index in [0.717, 1.165) is 12.8 Å². The summed E-state index contributed by atoms with van der Waals surface area (Å²) in [7, 11) is -3.09. The average molecular weight is 243 g/mol. The smallest absolute Gasteiger partial charge is 0.211 e. The third kappa shape index (κ3) is 9.98. The number of hydrogen-bond acceptors (Lipinski definition) is 3. The van der Waals surface area contributed by atoms with E-state index in [1.54, 1.807) is 6.08 Å². The molecule has 4 nitrogen and oxygen atoms in total. The second-order valence-electron chi connectivity index (χ2n) is 2.79. The van der Waals surface area contributed by atoms with Crippen LogP contribution in [0.4, 0.5) is 0 Å². The van der Waals surface area contributed by atoms with Crippen LogP contribution in [0.3, 0.4) is 0 Å². The summed E-state index contributed by atoms with van der Waals surface area (Å²) >= 11 is 0. The van der Waals surface area contributed by atoms with Gasteiger partial charge in [0, 0.05) is 6.54 Å². The van der Waals surface area contributed by atoms with Gasteiger partial charge in [-0.1, -0.05) is 6.08 Å². The second kappa shape index (κ2) is 9.45. The first kappa shape index (κ1) is 16.3. The molecule has 0 aromatic rings. The summed E-state index contributed by atoms with van der Waals surface area (Å²) in [6.07, 6.45) is 3.74. The number of halogens is 1. The van der Waals surface area contributed by atoms with E-state index in [2.05, 4.69) is 11.3 Å². The molecule has 14 heavy (non-hydrogen) atoms. The number of rotatable bonds is 8. The summed E-state index contributed by atoms with van der Waals surface area (Å²) in [5.41, 5.74) is 5.27. The van der Waals surface area contributed by atoms with Gasteiger partial charge in [0.05, 0.1) is 5.75 Å². The standard InChI is InChI=1S/C8H18N2O2S.ClH/c1-2-3-8-13(11,12)10-7-5-4-6-9;/h2,10H,1,3-9H2;1H. The highest BCUT2D eigenvalue weighted by atomic mass is 35.5. The summed E-state index contributed by atoms with van der Waals surface area (Å²) in [6.45, 7) is 4.55. The van der Waals surface area contributed by atoms with Crippen LogP contribution >= 0.6 is 12.4 Å². The van der Waals surface area contributed by atoms with Gasteiger partial charge in [-0.05, 0) is 25.8 Å². The molecule has 0 aromatic carbocycles. The number of nitrogens with two attached hydrogens (primary N) is 1. The van der Waals surface area contributed by atoms with Gasteiger partial charge in [-0.15, -0.1) is 19.0 Å². The first-order chi connectivity index (χ1) is 6.12. The molecule has 86 valence electrons. The van der Waals surface area contributed by atoms with Crippen LogP contribution in [0, 0.1) is 0 Å². The lowest BCUT2D eigenvalue weighted by atomic mass is 10.3. The molecule has 0 radical (unpaired) electrons. The Bertz CT molecular complexity index is 229. The lowest BCUT2D eigenvalue weighted by Crippen LogP contribution is -2.27. The Morgan fingerprint density at radius 3 is 2.50 bits per heavy atom. The topological polar surface area (TPSA) is 72.2 Å². The van der Waals surface area contributed by atoms with E-state index in [1.807, 2.05) is 0 Å². The minimum atomic E-state index is -3.09. The Labute approximate surface area is 92.4 Å². The number of sulfonamides is 1. The summed E-state index contributed by atoms with van der Waals surface area (Å²) in [5.74, 6) is 0.124. The highest BCUT2D eigenvalue weighted by molar-refractivity contribution is 7.89. The lowest BCUT2D eigenvalue weighted by molar-refractivity contribution is 0.577. The van der Waals surface area contributed by atoms with E-state index in [4.69, 9.17) is 5.73 Å². The average Bonchev–Trinajstić information content (AvgIpc) is 2.09. The molecule has 0 aliphatic carbocycles. The molecule has 0 rings (SSSR count). The van der Waals surface area contributed by atoms with Crippen LogP contribution < -0.4 is 10.5 Å². The molecule has 0 aromatic heterocycles. The Balaban J connectivity index is 0. The van der Waals surface area contributed by atoms with Gasteiger partial charge in [0.15, 0.2) is 0 Å². The van der Waals surface area contributed by atoms with Crippen LogP contribution in [0.25, 0.3) is 0 Å². The normalized spacial score (nSPS) is 10.6. The van der Waals surface area contributed by atoms with Crippen molar-refractivity contribution in [1.29, 1.82) is 0 Å². The van der Waals surface area contributed by atoms with Crippen LogP contribution in [0.5, 0.6) is 0 Å². The van der Waals surface area contributed by atoms with E-state index >= 15 is 0 Å². The fraction of sp³-hybridized carbons (Fsp3) is 0.750. The molecule has 0 fully saturated rings. The maximum absolute atomic E-state index is 11.2. The molecule has 0 saturated heterocycles. The fourth-order valence-corrected chi connectivity index (χ4v) is 1.88. The predicted octanol–water partition coefficient (Wildman–Crippen LogP) is 0.643. The molecule has 0 unspecified atom stereocenters. The summed E-state index contributed by atoms with van der Waals surface area (Å²) < 4.78 is 24.8. The largest absolute Gasteiger partial charge is 0.330 e. The van der Waals surface area contributed by atoms with Crippen molar-refractivity contribution in [3.63, 3.8) is 0 Å². The summed E-state index contributed by atoms with van der Waals surface area (Å²) in [4.78, 5) is 0. The van der Waals surface area contributed by atoms with E-state index in [1.165, 1.54) is 0 Å². The van der Waals surface area contributed by atoms with Crippen molar-refractivity contribution < 1.29 is 8.42 Å². The molecule has 0 saturated carbocycles. The van der Waals surface area contributed by atoms with Gasteiger partial charge in [-0.2, -0.15) is 0 Å². The van der Waals surface area contributed by atoms with Crippen molar-refractivity contribution in [3.05, 3.63) is 12.7 Å². The van der Waals surface area contributed by atoms with Crippen LogP contribution in [-0.2, 0) is 10.0 Å². The quantitative estimate of drug-likeness (QED) is 0.485. The van der Waals surface area contributed by atoms with Gasteiger partial charge in [0.1, 0.15) is 0 Å². The minimum absolute atomic E-state index is 0. The zero-order chi connectivity index (χ0) is 10.2. The van der Waals surface area contributed by atoms with Crippen LogP contribution in [0.1, 0.15) is 19.3 Å². The maximum Gasteiger partial charge on any atom is 0.211 e. The zero-order valence-corrected chi connectivity index (χ0v) is 9.87. The third-order valence-electron chi connectivity index (χ3n) is 1.54. The Hall–Kier alpha value is -0.100. The SMILES string of the molecule is C=CCCS(=O)(=O)NCCCCN.Cl. The Morgan fingerprint density at radius 1 is 1.36 bits per heavy atom. The second-order valence-corrected chi connectivity index (χ2v) is 4.71. The molecule has 0 aliphatic heterocycles. The monoisotopic (exact) mass is 242 g/mol. The van der Waals surface area contributed by atoms with Gasteiger partial charge in [-0.3, -0.25) is 0 Å². The van der Waals surface area contributed by atoms with Crippen LogP contribution in [0.2, 0.25) is 0 Å². The third-order valence-corrected chi connectivity index (χ3v) is 2.96. The highest BCUT2D eigenvalue weighted by Crippen LogP contribution is 1.91.